The molecule has 1 heterocycles. The zero-order valence-electron chi connectivity index (χ0n) is 11.6. The van der Waals surface area contributed by atoms with Crippen molar-refractivity contribution in [1.29, 1.82) is 0 Å². The van der Waals surface area contributed by atoms with Gasteiger partial charge >= 0.3 is 6.18 Å². The van der Waals surface area contributed by atoms with Crippen molar-refractivity contribution in [3.05, 3.63) is 66.0 Å². The van der Waals surface area contributed by atoms with E-state index in [1.165, 1.54) is 18.3 Å². The van der Waals surface area contributed by atoms with Crippen LogP contribution in [0.3, 0.4) is 0 Å². The second-order valence-electron chi connectivity index (χ2n) is 4.87. The molecular weight excluding hydrogens is 307 g/mol. The highest BCUT2D eigenvalue weighted by molar-refractivity contribution is 6.06. The highest BCUT2D eigenvalue weighted by Gasteiger charge is 2.30. The van der Waals surface area contributed by atoms with E-state index in [2.05, 4.69) is 15.5 Å². The van der Waals surface area contributed by atoms with E-state index in [1.54, 1.807) is 24.4 Å². The second kappa shape index (κ2) is 5.68. The molecule has 0 bridgehead atoms. The Morgan fingerprint density at radius 2 is 1.70 bits per heavy atom. The van der Waals surface area contributed by atoms with Crippen LogP contribution >= 0.6 is 0 Å². The molecule has 0 saturated carbocycles. The van der Waals surface area contributed by atoms with Gasteiger partial charge in [-0.15, -0.1) is 0 Å². The second-order valence-corrected chi connectivity index (χ2v) is 4.87. The molecule has 23 heavy (non-hydrogen) atoms. The van der Waals surface area contributed by atoms with E-state index >= 15 is 0 Å². The Labute approximate surface area is 129 Å². The summed E-state index contributed by atoms with van der Waals surface area (Å²) in [7, 11) is 0. The largest absolute Gasteiger partial charge is 0.416 e. The third-order valence-corrected chi connectivity index (χ3v) is 3.26. The molecule has 0 aliphatic rings. The Kier molecular flexibility index (Phi) is 3.69. The van der Waals surface area contributed by atoms with Crippen LogP contribution in [0.15, 0.2) is 54.9 Å². The molecular formula is C16H10F3N3O. The van der Waals surface area contributed by atoms with E-state index in [0.29, 0.717) is 5.56 Å². The summed E-state index contributed by atoms with van der Waals surface area (Å²) in [6, 6.07) is 9.37. The Balaban J connectivity index is 1.86. The van der Waals surface area contributed by atoms with E-state index in [9.17, 15) is 18.0 Å². The summed E-state index contributed by atoms with van der Waals surface area (Å²) in [4.78, 5) is 12.2. The van der Waals surface area contributed by atoms with Crippen LogP contribution in [0.25, 0.3) is 10.8 Å². The molecule has 4 nitrogen and oxygen atoms in total. The van der Waals surface area contributed by atoms with Crippen LogP contribution in [-0.4, -0.2) is 16.1 Å². The number of anilines is 1. The summed E-state index contributed by atoms with van der Waals surface area (Å²) in [5.74, 6) is -0.497. The van der Waals surface area contributed by atoms with Gasteiger partial charge in [-0.05, 0) is 30.3 Å². The fraction of sp³-hybridized carbons (Fsp3) is 0.0625. The summed E-state index contributed by atoms with van der Waals surface area (Å²) in [6.07, 6.45) is -1.39. The van der Waals surface area contributed by atoms with E-state index < -0.39 is 17.6 Å². The lowest BCUT2D eigenvalue weighted by Gasteiger charge is -2.10. The van der Waals surface area contributed by atoms with Gasteiger partial charge in [0.25, 0.3) is 5.91 Å². The monoisotopic (exact) mass is 317 g/mol. The molecule has 0 saturated heterocycles. The molecule has 2 aromatic carbocycles. The van der Waals surface area contributed by atoms with Crippen LogP contribution in [-0.2, 0) is 6.18 Å². The van der Waals surface area contributed by atoms with Crippen molar-refractivity contribution < 1.29 is 18.0 Å². The zero-order chi connectivity index (χ0) is 16.4. The number of rotatable bonds is 2. The fourth-order valence-electron chi connectivity index (χ4n) is 2.11. The summed E-state index contributed by atoms with van der Waals surface area (Å²) in [5, 5.41) is 11.5. The third-order valence-electron chi connectivity index (χ3n) is 3.26. The molecule has 1 aromatic heterocycles. The number of nitrogens with zero attached hydrogens (tertiary/aromatic N) is 2. The average molecular weight is 317 g/mol. The van der Waals surface area contributed by atoms with Gasteiger partial charge in [-0.25, -0.2) is 0 Å². The number of hydrogen-bond donors (Lipinski definition) is 1. The van der Waals surface area contributed by atoms with Crippen molar-refractivity contribution >= 4 is 22.4 Å². The molecule has 0 atom stereocenters. The average Bonchev–Trinajstić information content (AvgIpc) is 2.54. The van der Waals surface area contributed by atoms with Gasteiger partial charge in [0.05, 0.1) is 18.0 Å². The number of halogens is 3. The van der Waals surface area contributed by atoms with E-state index in [0.717, 1.165) is 22.9 Å². The zero-order valence-corrected chi connectivity index (χ0v) is 11.6. The Morgan fingerprint density at radius 3 is 2.43 bits per heavy atom. The minimum absolute atomic E-state index is 0.0813. The van der Waals surface area contributed by atoms with Crippen LogP contribution < -0.4 is 5.32 Å². The van der Waals surface area contributed by atoms with Gasteiger partial charge in [-0.1, -0.05) is 12.1 Å². The van der Waals surface area contributed by atoms with Crippen LogP contribution in [0.1, 0.15) is 15.9 Å². The van der Waals surface area contributed by atoms with E-state index in [1.807, 2.05) is 0 Å². The smallest absolute Gasteiger partial charge is 0.322 e. The lowest BCUT2D eigenvalue weighted by molar-refractivity contribution is -0.137. The van der Waals surface area contributed by atoms with Crippen molar-refractivity contribution in [2.24, 2.45) is 0 Å². The molecule has 0 fully saturated rings. The summed E-state index contributed by atoms with van der Waals surface area (Å²) in [5.41, 5.74) is -0.412. The number of nitrogens with one attached hydrogen (secondary N) is 1. The maximum Gasteiger partial charge on any atom is 0.416 e. The van der Waals surface area contributed by atoms with Gasteiger partial charge in [-0.2, -0.15) is 23.4 Å². The first-order chi connectivity index (χ1) is 10.9. The molecule has 116 valence electrons. The highest BCUT2D eigenvalue weighted by Crippen LogP contribution is 2.30. The quantitative estimate of drug-likeness (QED) is 0.780. The number of alkyl halides is 3. The highest BCUT2D eigenvalue weighted by atomic mass is 19.4. The van der Waals surface area contributed by atoms with Gasteiger partial charge in [0.2, 0.25) is 0 Å². The minimum Gasteiger partial charge on any atom is -0.322 e. The third kappa shape index (κ3) is 3.28. The molecule has 1 N–H and O–H groups in total. The van der Waals surface area contributed by atoms with Gasteiger partial charge < -0.3 is 5.32 Å². The standard InChI is InChI=1S/C16H10F3N3O/c17-16(18,19)13-2-1-3-14(7-13)22-15(23)10-4-5-11-8-20-21-9-12(11)6-10/h1-9H,(H,22,23). The van der Waals surface area contributed by atoms with Crippen molar-refractivity contribution in [3.8, 4) is 0 Å². The Morgan fingerprint density at radius 1 is 0.957 bits per heavy atom. The molecule has 3 rings (SSSR count). The lowest BCUT2D eigenvalue weighted by atomic mass is 10.1. The van der Waals surface area contributed by atoms with Gasteiger partial charge in [-0.3, -0.25) is 4.79 Å². The number of hydrogen-bond acceptors (Lipinski definition) is 3. The number of amides is 1. The first kappa shape index (κ1) is 15.0. The van der Waals surface area contributed by atoms with E-state index in [4.69, 9.17) is 0 Å². The summed E-state index contributed by atoms with van der Waals surface area (Å²) >= 11 is 0. The molecule has 1 amide bonds. The maximum atomic E-state index is 12.7. The Bertz CT molecular complexity index is 878. The number of carbonyl (C=O) groups excluding carboxylic acids is 1. The van der Waals surface area contributed by atoms with Gasteiger partial charge in [0.15, 0.2) is 0 Å². The predicted molar refractivity (Wildman–Crippen MR) is 78.9 cm³/mol. The van der Waals surface area contributed by atoms with Crippen LogP contribution in [0.5, 0.6) is 0 Å². The first-order valence-electron chi connectivity index (χ1n) is 6.62. The molecule has 3 aromatic rings. The van der Waals surface area contributed by atoms with Crippen molar-refractivity contribution in [3.63, 3.8) is 0 Å². The van der Waals surface area contributed by atoms with E-state index in [-0.39, 0.29) is 5.69 Å². The number of fused-ring (bicyclic) bond motifs is 1. The number of benzene rings is 2. The SMILES string of the molecule is O=C(Nc1cccc(C(F)(F)F)c1)c1ccc2cnncc2c1. The molecule has 7 heteroatoms. The fourth-order valence-corrected chi connectivity index (χ4v) is 2.11. The molecule has 0 unspecified atom stereocenters. The first-order valence-corrected chi connectivity index (χ1v) is 6.62. The maximum absolute atomic E-state index is 12.7. The number of aromatic nitrogens is 2. The minimum atomic E-state index is -4.46. The predicted octanol–water partition coefficient (Wildman–Crippen LogP) is 3.90. The van der Waals surface area contributed by atoms with Crippen molar-refractivity contribution in [2.75, 3.05) is 5.32 Å². The van der Waals surface area contributed by atoms with Crippen LogP contribution in [0.4, 0.5) is 18.9 Å². The molecule has 0 spiro atoms. The van der Waals surface area contributed by atoms with Gasteiger partial charge in [0.1, 0.15) is 0 Å². The number of carbonyl (C=O) groups is 1. The normalized spacial score (nSPS) is 11.4. The molecule has 0 aliphatic carbocycles. The van der Waals surface area contributed by atoms with Crippen LogP contribution in [0.2, 0.25) is 0 Å². The summed E-state index contributed by atoms with van der Waals surface area (Å²) in [6.45, 7) is 0. The van der Waals surface area contributed by atoms with Crippen molar-refractivity contribution in [1.82, 2.24) is 10.2 Å². The molecule has 0 aliphatic heterocycles. The lowest BCUT2D eigenvalue weighted by Crippen LogP contribution is -2.13. The Hall–Kier alpha value is -2.96. The van der Waals surface area contributed by atoms with Gasteiger partial charge in [0, 0.05) is 22.0 Å². The van der Waals surface area contributed by atoms with Crippen molar-refractivity contribution in [2.45, 2.75) is 6.18 Å². The topological polar surface area (TPSA) is 54.9 Å². The van der Waals surface area contributed by atoms with Crippen LogP contribution in [0, 0.1) is 0 Å². The molecule has 0 radical (unpaired) electrons. The summed E-state index contributed by atoms with van der Waals surface area (Å²) < 4.78 is 38.0.